The van der Waals surface area contributed by atoms with Crippen molar-refractivity contribution in [1.82, 2.24) is 10.6 Å². The minimum atomic E-state index is -0.230. The van der Waals surface area contributed by atoms with Crippen molar-refractivity contribution < 1.29 is 4.79 Å². The molecule has 8 heavy (non-hydrogen) atoms. The second-order valence-electron chi connectivity index (χ2n) is 1.44. The van der Waals surface area contributed by atoms with Crippen LogP contribution in [0.3, 0.4) is 0 Å². The average molecular weight is 115 g/mol. The van der Waals surface area contributed by atoms with Crippen LogP contribution < -0.4 is 10.6 Å². The van der Waals surface area contributed by atoms with Crippen molar-refractivity contribution in [2.75, 3.05) is 13.6 Å². The van der Waals surface area contributed by atoms with Crippen LogP contribution in [-0.2, 0) is 0 Å². The Morgan fingerprint density at radius 1 is 1.75 bits per heavy atom. The first-order valence-electron chi connectivity index (χ1n) is 2.70. The highest BCUT2D eigenvalue weighted by atomic mass is 16.2. The molecular weight excluding hydrogens is 104 g/mol. The predicted octanol–water partition coefficient (Wildman–Crippen LogP) is 0.340. The number of hydrogen-bond donors (Lipinski definition) is 1. The number of amides is 2. The highest BCUT2D eigenvalue weighted by Crippen LogP contribution is 1.71. The molecular formula is C5H11N2O. The maximum absolute atomic E-state index is 10.3. The first-order valence-corrected chi connectivity index (χ1v) is 2.70. The van der Waals surface area contributed by atoms with E-state index in [2.05, 4.69) is 10.6 Å². The third kappa shape index (κ3) is 3.46. The number of nitrogens with one attached hydrogen (secondary N) is 1. The van der Waals surface area contributed by atoms with Gasteiger partial charge in [0.1, 0.15) is 0 Å². The zero-order valence-electron chi connectivity index (χ0n) is 5.27. The fraction of sp³-hybridized carbons (Fsp3) is 0.800. The van der Waals surface area contributed by atoms with Crippen LogP contribution in [0.4, 0.5) is 4.79 Å². The van der Waals surface area contributed by atoms with Crippen LogP contribution in [-0.4, -0.2) is 19.6 Å². The molecule has 3 nitrogen and oxygen atoms in total. The van der Waals surface area contributed by atoms with Crippen molar-refractivity contribution in [2.24, 2.45) is 0 Å². The molecule has 0 aliphatic carbocycles. The van der Waals surface area contributed by atoms with Gasteiger partial charge in [0, 0.05) is 13.6 Å². The maximum atomic E-state index is 10.3. The van der Waals surface area contributed by atoms with E-state index in [4.69, 9.17) is 0 Å². The minimum absolute atomic E-state index is 0.230. The molecule has 0 rings (SSSR count). The highest BCUT2D eigenvalue weighted by Gasteiger charge is 1.92. The minimum Gasteiger partial charge on any atom is -0.340 e. The van der Waals surface area contributed by atoms with Crippen molar-refractivity contribution in [2.45, 2.75) is 13.3 Å². The molecule has 1 N–H and O–H groups in total. The zero-order chi connectivity index (χ0) is 6.41. The quantitative estimate of drug-likeness (QED) is 0.554. The summed E-state index contributed by atoms with van der Waals surface area (Å²) in [5, 5.41) is 6.01. The van der Waals surface area contributed by atoms with Crippen LogP contribution in [0.25, 0.3) is 0 Å². The van der Waals surface area contributed by atoms with Gasteiger partial charge in [-0.1, -0.05) is 6.92 Å². The van der Waals surface area contributed by atoms with Crippen LogP contribution in [0, 0.1) is 0 Å². The van der Waals surface area contributed by atoms with E-state index in [0.717, 1.165) is 6.42 Å². The van der Waals surface area contributed by atoms with Crippen molar-refractivity contribution >= 4 is 6.03 Å². The first kappa shape index (κ1) is 7.27. The van der Waals surface area contributed by atoms with Gasteiger partial charge in [-0.15, -0.1) is 0 Å². The number of urea groups is 1. The first-order chi connectivity index (χ1) is 3.81. The lowest BCUT2D eigenvalue weighted by atomic mass is 10.5. The molecule has 0 aliphatic rings. The molecule has 0 aromatic carbocycles. The summed E-state index contributed by atoms with van der Waals surface area (Å²) >= 11 is 0. The zero-order valence-corrected chi connectivity index (χ0v) is 5.27. The molecule has 0 aromatic rings. The van der Waals surface area contributed by atoms with E-state index in [1.165, 1.54) is 0 Å². The van der Waals surface area contributed by atoms with Gasteiger partial charge < -0.3 is 5.32 Å². The molecule has 0 heterocycles. The largest absolute Gasteiger partial charge is 0.340 e. The normalized spacial score (nSPS) is 8.25. The molecule has 0 aromatic heterocycles. The third-order valence-corrected chi connectivity index (χ3v) is 0.693. The Morgan fingerprint density at radius 3 is 2.75 bits per heavy atom. The molecule has 0 fully saturated rings. The molecule has 0 saturated carbocycles. The molecule has 0 saturated heterocycles. The summed E-state index contributed by atoms with van der Waals surface area (Å²) in [7, 11) is 1.57. The molecule has 2 amide bonds. The highest BCUT2D eigenvalue weighted by molar-refractivity contribution is 5.72. The van der Waals surface area contributed by atoms with Gasteiger partial charge in [0.05, 0.1) is 0 Å². The lowest BCUT2D eigenvalue weighted by Gasteiger charge is -1.95. The lowest BCUT2D eigenvalue weighted by Crippen LogP contribution is -2.27. The van der Waals surface area contributed by atoms with Crippen molar-refractivity contribution in [1.29, 1.82) is 0 Å². The van der Waals surface area contributed by atoms with E-state index in [1.807, 2.05) is 6.92 Å². The van der Waals surface area contributed by atoms with Gasteiger partial charge in [0.15, 0.2) is 0 Å². The third-order valence-electron chi connectivity index (χ3n) is 0.693. The van der Waals surface area contributed by atoms with Crippen LogP contribution >= 0.6 is 0 Å². The van der Waals surface area contributed by atoms with Gasteiger partial charge in [0.2, 0.25) is 0 Å². The molecule has 47 valence electrons. The maximum Gasteiger partial charge on any atom is 0.336 e. The van der Waals surface area contributed by atoms with Gasteiger partial charge >= 0.3 is 6.03 Å². The van der Waals surface area contributed by atoms with Crippen molar-refractivity contribution in [3.8, 4) is 0 Å². The molecule has 0 unspecified atom stereocenters. The summed E-state index contributed by atoms with van der Waals surface area (Å²) < 4.78 is 0. The summed E-state index contributed by atoms with van der Waals surface area (Å²) in [6.45, 7) is 2.60. The number of carbonyl (C=O) groups excluding carboxylic acids is 1. The fourth-order valence-corrected chi connectivity index (χ4v) is 0.292. The number of rotatable bonds is 2. The van der Waals surface area contributed by atoms with E-state index in [0.29, 0.717) is 6.54 Å². The fourth-order valence-electron chi connectivity index (χ4n) is 0.292. The van der Waals surface area contributed by atoms with Gasteiger partial charge in [-0.25, -0.2) is 10.1 Å². The van der Waals surface area contributed by atoms with Crippen LogP contribution in [0.2, 0.25) is 0 Å². The lowest BCUT2D eigenvalue weighted by molar-refractivity contribution is 0.242. The number of carbonyl (C=O) groups is 1. The van der Waals surface area contributed by atoms with E-state index >= 15 is 0 Å². The van der Waals surface area contributed by atoms with Crippen LogP contribution in [0.15, 0.2) is 0 Å². The summed E-state index contributed by atoms with van der Waals surface area (Å²) in [6.07, 6.45) is 0.924. The predicted molar refractivity (Wildman–Crippen MR) is 31.7 cm³/mol. The Balaban J connectivity index is 2.99. The van der Waals surface area contributed by atoms with Gasteiger partial charge in [0.25, 0.3) is 0 Å². The van der Waals surface area contributed by atoms with Crippen LogP contribution in [0.5, 0.6) is 0 Å². The topological polar surface area (TPSA) is 43.2 Å². The summed E-state index contributed by atoms with van der Waals surface area (Å²) in [5.74, 6) is 0. The summed E-state index contributed by atoms with van der Waals surface area (Å²) in [5.41, 5.74) is 0. The summed E-state index contributed by atoms with van der Waals surface area (Å²) in [4.78, 5) is 10.3. The second kappa shape index (κ2) is 4.43. The molecule has 0 atom stereocenters. The second-order valence-corrected chi connectivity index (χ2v) is 1.44. The van der Waals surface area contributed by atoms with E-state index in [1.54, 1.807) is 7.05 Å². The Bertz CT molecular complexity index is 72.8. The molecule has 1 radical (unpaired) electrons. The van der Waals surface area contributed by atoms with Crippen molar-refractivity contribution in [3.05, 3.63) is 0 Å². The molecule has 0 spiro atoms. The molecule has 0 bridgehead atoms. The van der Waals surface area contributed by atoms with Gasteiger partial charge in [-0.05, 0) is 6.42 Å². The van der Waals surface area contributed by atoms with Gasteiger partial charge in [-0.2, -0.15) is 0 Å². The van der Waals surface area contributed by atoms with Gasteiger partial charge in [-0.3, -0.25) is 0 Å². The van der Waals surface area contributed by atoms with E-state index in [-0.39, 0.29) is 6.03 Å². The monoisotopic (exact) mass is 115 g/mol. The van der Waals surface area contributed by atoms with Crippen molar-refractivity contribution in [3.63, 3.8) is 0 Å². The Hall–Kier alpha value is -0.730. The van der Waals surface area contributed by atoms with Crippen LogP contribution in [0.1, 0.15) is 13.3 Å². The van der Waals surface area contributed by atoms with E-state index in [9.17, 15) is 4.79 Å². The number of hydrogen-bond acceptors (Lipinski definition) is 1. The Labute approximate surface area is 49.5 Å². The Morgan fingerprint density at radius 2 is 2.38 bits per heavy atom. The molecule has 3 heteroatoms. The SMILES string of the molecule is CCC[N]C(=O)NC. The number of nitrogens with zero attached hydrogens (tertiary/aromatic N) is 1. The van der Waals surface area contributed by atoms with E-state index < -0.39 is 0 Å². The average Bonchev–Trinajstić information content (AvgIpc) is 1.83. The summed E-state index contributed by atoms with van der Waals surface area (Å²) in [6, 6.07) is -0.230. The standard InChI is InChI=1S/C5H11N2O/c1-3-4-7-5(8)6-2/h3-4H2,1-2H3,(H,6,8). The Kier molecular flexibility index (Phi) is 4.03. The smallest absolute Gasteiger partial charge is 0.336 e. The molecule has 0 aliphatic heterocycles.